The van der Waals surface area contributed by atoms with Crippen LogP contribution in [0.1, 0.15) is 11.4 Å². The summed E-state index contributed by atoms with van der Waals surface area (Å²) in [6.07, 6.45) is 3.69. The van der Waals surface area contributed by atoms with E-state index < -0.39 is 0 Å². The van der Waals surface area contributed by atoms with Gasteiger partial charge in [-0.05, 0) is 30.7 Å². The summed E-state index contributed by atoms with van der Waals surface area (Å²) in [6.45, 7) is 2.51. The molecule has 0 fully saturated rings. The summed E-state index contributed by atoms with van der Waals surface area (Å²) >= 11 is 1.44. The first-order chi connectivity index (χ1) is 13.6. The number of nitrogens with zero attached hydrogens (tertiary/aromatic N) is 4. The largest absolute Gasteiger partial charge is 0.340 e. The minimum atomic E-state index is 0.0322. The van der Waals surface area contributed by atoms with Crippen molar-refractivity contribution in [2.45, 2.75) is 18.6 Å². The molecule has 2 aromatic heterocycles. The Morgan fingerprint density at radius 2 is 1.96 bits per heavy atom. The third-order valence-corrected chi connectivity index (χ3v) is 5.51. The number of imidazole rings is 2. The molecule has 142 valence electrons. The summed E-state index contributed by atoms with van der Waals surface area (Å²) in [5.74, 6) is 1.13. The van der Waals surface area contributed by atoms with Crippen LogP contribution in [0, 0.1) is 6.92 Å². The molecule has 28 heavy (non-hydrogen) atoms. The Kier molecular flexibility index (Phi) is 5.16. The summed E-state index contributed by atoms with van der Waals surface area (Å²) in [5.41, 5.74) is 4.13. The minimum Gasteiger partial charge on any atom is -0.340 e. The first-order valence-corrected chi connectivity index (χ1v) is 10.00. The number of thioether (sulfide) groups is 1. The number of benzene rings is 2. The molecule has 0 bridgehead atoms. The fourth-order valence-electron chi connectivity index (χ4n) is 3.04. The molecule has 0 aliphatic heterocycles. The highest BCUT2D eigenvalue weighted by molar-refractivity contribution is 7.99. The molecule has 0 radical (unpaired) electrons. The Morgan fingerprint density at radius 1 is 1.18 bits per heavy atom. The van der Waals surface area contributed by atoms with E-state index in [2.05, 4.69) is 34.0 Å². The summed E-state index contributed by atoms with van der Waals surface area (Å²) in [6, 6.07) is 16.0. The van der Waals surface area contributed by atoms with E-state index in [1.54, 1.807) is 18.1 Å². The maximum Gasteiger partial charge on any atom is 0.233 e. The number of H-pyrrole nitrogens is 1. The van der Waals surface area contributed by atoms with Gasteiger partial charge in [-0.2, -0.15) is 0 Å². The number of aryl methyl sites for hydroxylation is 1. The van der Waals surface area contributed by atoms with Gasteiger partial charge in [0, 0.05) is 19.4 Å². The van der Waals surface area contributed by atoms with Gasteiger partial charge in [0.1, 0.15) is 5.82 Å². The highest BCUT2D eigenvalue weighted by Crippen LogP contribution is 2.23. The van der Waals surface area contributed by atoms with Crippen LogP contribution in [-0.4, -0.2) is 43.1 Å². The van der Waals surface area contributed by atoms with E-state index in [4.69, 9.17) is 0 Å². The molecule has 1 amide bonds. The van der Waals surface area contributed by atoms with Crippen molar-refractivity contribution in [2.75, 3.05) is 12.8 Å². The highest BCUT2D eigenvalue weighted by atomic mass is 32.2. The van der Waals surface area contributed by atoms with Crippen molar-refractivity contribution >= 4 is 28.7 Å². The molecule has 2 aromatic carbocycles. The third kappa shape index (κ3) is 3.80. The molecule has 0 aliphatic rings. The van der Waals surface area contributed by atoms with Gasteiger partial charge in [-0.25, -0.2) is 9.97 Å². The van der Waals surface area contributed by atoms with Crippen LogP contribution >= 0.6 is 11.8 Å². The second kappa shape index (κ2) is 7.90. The Hall–Kier alpha value is -3.06. The van der Waals surface area contributed by atoms with Crippen molar-refractivity contribution < 1.29 is 4.79 Å². The standard InChI is InChI=1S/C21H21N5OS/c1-15-7-3-6-10-18(15)26-12-11-22-21(26)28-14-20(27)25(2)13-19-23-16-8-4-5-9-17(16)24-19/h3-12H,13-14H2,1-2H3,(H,23,24). The Bertz CT molecular complexity index is 1080. The Morgan fingerprint density at radius 3 is 2.79 bits per heavy atom. The summed E-state index contributed by atoms with van der Waals surface area (Å²) in [5, 5.41) is 0.805. The molecule has 4 aromatic rings. The zero-order valence-corrected chi connectivity index (χ0v) is 16.6. The van der Waals surface area contributed by atoms with Crippen molar-refractivity contribution in [3.8, 4) is 5.69 Å². The summed E-state index contributed by atoms with van der Waals surface area (Å²) in [4.78, 5) is 26.5. The summed E-state index contributed by atoms with van der Waals surface area (Å²) < 4.78 is 2.02. The molecule has 0 spiro atoms. The topological polar surface area (TPSA) is 66.8 Å². The van der Waals surface area contributed by atoms with Crippen LogP contribution in [0.3, 0.4) is 0 Å². The molecule has 1 N–H and O–H groups in total. The van der Waals surface area contributed by atoms with Crippen molar-refractivity contribution in [3.63, 3.8) is 0 Å². The van der Waals surface area contributed by atoms with E-state index in [0.717, 1.165) is 33.3 Å². The number of para-hydroxylation sites is 3. The number of rotatable bonds is 6. The number of hydrogen-bond acceptors (Lipinski definition) is 4. The van der Waals surface area contributed by atoms with Gasteiger partial charge in [0.25, 0.3) is 0 Å². The fraction of sp³-hybridized carbons (Fsp3) is 0.190. The Labute approximate surface area is 167 Å². The van der Waals surface area contributed by atoms with Crippen LogP contribution in [-0.2, 0) is 11.3 Å². The second-order valence-electron chi connectivity index (χ2n) is 6.61. The minimum absolute atomic E-state index is 0.0322. The van der Waals surface area contributed by atoms with E-state index >= 15 is 0 Å². The van der Waals surface area contributed by atoms with Gasteiger partial charge in [0.15, 0.2) is 5.16 Å². The first kappa shape index (κ1) is 18.3. The monoisotopic (exact) mass is 391 g/mol. The van der Waals surface area contributed by atoms with Crippen molar-refractivity contribution in [1.82, 2.24) is 24.4 Å². The van der Waals surface area contributed by atoms with Crippen LogP contribution in [0.5, 0.6) is 0 Å². The number of fused-ring (bicyclic) bond motifs is 1. The normalized spacial score (nSPS) is 11.1. The predicted molar refractivity (Wildman–Crippen MR) is 112 cm³/mol. The molecular weight excluding hydrogens is 370 g/mol. The number of carbonyl (C=O) groups excluding carboxylic acids is 1. The number of aromatic nitrogens is 4. The van der Waals surface area contributed by atoms with Crippen LogP contribution in [0.2, 0.25) is 0 Å². The molecule has 7 heteroatoms. The van der Waals surface area contributed by atoms with E-state index in [-0.39, 0.29) is 5.91 Å². The second-order valence-corrected chi connectivity index (χ2v) is 7.55. The smallest absolute Gasteiger partial charge is 0.233 e. The van der Waals surface area contributed by atoms with Crippen LogP contribution in [0.25, 0.3) is 16.7 Å². The zero-order chi connectivity index (χ0) is 19.5. The van der Waals surface area contributed by atoms with Gasteiger partial charge < -0.3 is 9.88 Å². The Balaban J connectivity index is 1.41. The lowest BCUT2D eigenvalue weighted by Crippen LogP contribution is -2.28. The molecule has 0 atom stereocenters. The van der Waals surface area contributed by atoms with Crippen molar-refractivity contribution in [2.24, 2.45) is 0 Å². The lowest BCUT2D eigenvalue weighted by molar-refractivity contribution is -0.127. The number of carbonyl (C=O) groups is 1. The molecular formula is C21H21N5OS. The van der Waals surface area contributed by atoms with Gasteiger partial charge in [0.05, 0.1) is 29.0 Å². The lowest BCUT2D eigenvalue weighted by Gasteiger charge is -2.16. The van der Waals surface area contributed by atoms with E-state index in [1.165, 1.54) is 11.8 Å². The zero-order valence-electron chi connectivity index (χ0n) is 15.8. The number of hydrogen-bond donors (Lipinski definition) is 1. The molecule has 0 saturated heterocycles. The van der Waals surface area contributed by atoms with Crippen molar-refractivity contribution in [3.05, 3.63) is 72.3 Å². The van der Waals surface area contributed by atoms with Gasteiger partial charge in [-0.1, -0.05) is 42.1 Å². The van der Waals surface area contributed by atoms with Crippen LogP contribution in [0.15, 0.2) is 66.1 Å². The highest BCUT2D eigenvalue weighted by Gasteiger charge is 2.15. The lowest BCUT2D eigenvalue weighted by atomic mass is 10.2. The number of nitrogens with one attached hydrogen (secondary N) is 1. The molecule has 0 saturated carbocycles. The van der Waals surface area contributed by atoms with Gasteiger partial charge in [0.2, 0.25) is 5.91 Å². The van der Waals surface area contributed by atoms with Crippen molar-refractivity contribution in [1.29, 1.82) is 0 Å². The predicted octanol–water partition coefficient (Wildman–Crippen LogP) is 3.81. The van der Waals surface area contributed by atoms with E-state index in [1.807, 2.05) is 47.2 Å². The fourth-order valence-corrected chi connectivity index (χ4v) is 3.95. The van der Waals surface area contributed by atoms with E-state index in [9.17, 15) is 4.79 Å². The van der Waals surface area contributed by atoms with E-state index in [0.29, 0.717) is 12.3 Å². The quantitative estimate of drug-likeness (QED) is 0.508. The number of amides is 1. The molecule has 0 aliphatic carbocycles. The van der Waals surface area contributed by atoms with Crippen LogP contribution in [0.4, 0.5) is 0 Å². The average Bonchev–Trinajstić information content (AvgIpc) is 3.32. The average molecular weight is 392 g/mol. The molecule has 2 heterocycles. The molecule has 0 unspecified atom stereocenters. The maximum atomic E-state index is 12.6. The maximum absolute atomic E-state index is 12.6. The molecule has 6 nitrogen and oxygen atoms in total. The summed E-state index contributed by atoms with van der Waals surface area (Å²) in [7, 11) is 1.80. The van der Waals surface area contributed by atoms with Gasteiger partial charge >= 0.3 is 0 Å². The number of aromatic amines is 1. The molecule has 4 rings (SSSR count). The first-order valence-electron chi connectivity index (χ1n) is 9.01. The van der Waals surface area contributed by atoms with Gasteiger partial charge in [-0.3, -0.25) is 9.36 Å². The SMILES string of the molecule is Cc1ccccc1-n1ccnc1SCC(=O)N(C)Cc1nc2ccccc2[nH]1. The van der Waals surface area contributed by atoms with Crippen LogP contribution < -0.4 is 0 Å². The third-order valence-electron chi connectivity index (χ3n) is 4.56. The van der Waals surface area contributed by atoms with Gasteiger partial charge in [-0.15, -0.1) is 0 Å².